The Morgan fingerprint density at radius 2 is 2.32 bits per heavy atom. The lowest BCUT2D eigenvalue weighted by Gasteiger charge is -2.17. The Kier molecular flexibility index (Phi) is 4.16. The maximum absolute atomic E-state index is 11.1. The quantitative estimate of drug-likeness (QED) is 0.513. The van der Waals surface area contributed by atoms with E-state index in [1.54, 1.807) is 6.92 Å². The number of halogens is 1. The number of nitro groups is 1. The molecule has 0 saturated carbocycles. The maximum atomic E-state index is 11.1. The molecule has 1 unspecified atom stereocenters. The van der Waals surface area contributed by atoms with Crippen LogP contribution in [0.5, 0.6) is 0 Å². The molecule has 1 aliphatic rings. The second-order valence-corrected chi connectivity index (χ2v) is 4.96. The van der Waals surface area contributed by atoms with Crippen LogP contribution in [0, 0.1) is 23.0 Å². The van der Waals surface area contributed by atoms with Crippen LogP contribution in [0.15, 0.2) is 0 Å². The van der Waals surface area contributed by atoms with Crippen molar-refractivity contribution in [3.8, 4) is 0 Å². The topological polar surface area (TPSA) is 92.4 Å². The summed E-state index contributed by atoms with van der Waals surface area (Å²) in [5.74, 6) is 0.613. The Hall–Kier alpha value is -1.47. The third-order valence-electron chi connectivity index (χ3n) is 3.32. The van der Waals surface area contributed by atoms with Gasteiger partial charge in [-0.2, -0.15) is 4.98 Å². The molecule has 1 N–H and O–H groups in total. The molecule has 7 nitrogen and oxygen atoms in total. The largest absolute Gasteiger partial charge is 0.396 e. The molecule has 1 aromatic heterocycles. The van der Waals surface area contributed by atoms with E-state index in [9.17, 15) is 10.1 Å². The van der Waals surface area contributed by atoms with Gasteiger partial charge in [0.2, 0.25) is 11.1 Å². The zero-order valence-corrected chi connectivity index (χ0v) is 11.3. The van der Waals surface area contributed by atoms with E-state index in [4.69, 9.17) is 16.7 Å². The number of aromatic nitrogens is 2. The van der Waals surface area contributed by atoms with Gasteiger partial charge in [-0.3, -0.25) is 10.1 Å². The Bertz CT molecular complexity index is 497. The van der Waals surface area contributed by atoms with Crippen molar-refractivity contribution in [2.24, 2.45) is 5.92 Å². The fraction of sp³-hybridized carbons (Fsp3) is 0.636. The summed E-state index contributed by atoms with van der Waals surface area (Å²) < 4.78 is 0. The van der Waals surface area contributed by atoms with Crippen LogP contribution in [0.3, 0.4) is 0 Å². The number of hydrogen-bond acceptors (Lipinski definition) is 6. The minimum atomic E-state index is -0.472. The van der Waals surface area contributed by atoms with Crippen LogP contribution in [-0.4, -0.2) is 39.7 Å². The molecule has 1 aromatic rings. The molecule has 19 heavy (non-hydrogen) atoms. The Balaban J connectivity index is 2.32. The summed E-state index contributed by atoms with van der Waals surface area (Å²) in [4.78, 5) is 20.3. The zero-order valence-electron chi connectivity index (χ0n) is 10.5. The SMILES string of the molecule is Cc1nc(Cl)nc(N2CCC(CCO)C2)c1[N+](=O)[O-]. The van der Waals surface area contributed by atoms with Gasteiger partial charge in [-0.1, -0.05) is 0 Å². The van der Waals surface area contributed by atoms with Crippen LogP contribution >= 0.6 is 11.6 Å². The monoisotopic (exact) mass is 286 g/mol. The van der Waals surface area contributed by atoms with Gasteiger partial charge in [-0.05, 0) is 37.3 Å². The first-order chi connectivity index (χ1) is 9.02. The molecule has 0 aliphatic carbocycles. The molecule has 1 atom stereocenters. The molecular formula is C11H15ClN4O3. The number of aliphatic hydroxyl groups is 1. The van der Waals surface area contributed by atoms with Gasteiger partial charge in [0.25, 0.3) is 0 Å². The summed E-state index contributed by atoms with van der Waals surface area (Å²) in [6.07, 6.45) is 1.58. The van der Waals surface area contributed by atoms with E-state index in [1.807, 2.05) is 4.90 Å². The average molecular weight is 287 g/mol. The number of aryl methyl sites for hydroxylation is 1. The van der Waals surface area contributed by atoms with Crippen molar-refractivity contribution in [3.05, 3.63) is 21.1 Å². The standard InChI is InChI=1S/C11H15ClN4O3/c1-7-9(16(18)19)10(14-11(12)13-7)15-4-2-8(6-15)3-5-17/h8,17H,2-6H2,1H3. The van der Waals surface area contributed by atoms with E-state index in [-0.39, 0.29) is 29.1 Å². The van der Waals surface area contributed by atoms with Crippen molar-refractivity contribution < 1.29 is 10.0 Å². The number of nitrogens with zero attached hydrogens (tertiary/aromatic N) is 4. The van der Waals surface area contributed by atoms with E-state index in [1.165, 1.54) is 0 Å². The van der Waals surface area contributed by atoms with Gasteiger partial charge in [0.15, 0.2) is 0 Å². The van der Waals surface area contributed by atoms with Gasteiger partial charge in [-0.15, -0.1) is 0 Å². The van der Waals surface area contributed by atoms with Gasteiger partial charge in [-0.25, -0.2) is 4.98 Å². The molecule has 0 amide bonds. The predicted molar refractivity (Wildman–Crippen MR) is 70.5 cm³/mol. The van der Waals surface area contributed by atoms with Crippen LogP contribution in [0.4, 0.5) is 11.5 Å². The van der Waals surface area contributed by atoms with E-state index in [0.29, 0.717) is 25.4 Å². The van der Waals surface area contributed by atoms with E-state index < -0.39 is 4.92 Å². The Morgan fingerprint density at radius 1 is 1.58 bits per heavy atom. The average Bonchev–Trinajstić information content (AvgIpc) is 2.76. The number of aliphatic hydroxyl groups excluding tert-OH is 1. The number of anilines is 1. The predicted octanol–water partition coefficient (Wildman–Crippen LogP) is 1.56. The summed E-state index contributed by atoms with van der Waals surface area (Å²) in [7, 11) is 0. The number of hydrogen-bond donors (Lipinski definition) is 1. The van der Waals surface area contributed by atoms with Crippen LogP contribution in [0.25, 0.3) is 0 Å². The fourth-order valence-electron chi connectivity index (χ4n) is 2.40. The summed E-state index contributed by atoms with van der Waals surface area (Å²) in [6, 6.07) is 0. The summed E-state index contributed by atoms with van der Waals surface area (Å²) >= 11 is 5.79. The number of rotatable bonds is 4. The lowest BCUT2D eigenvalue weighted by atomic mass is 10.1. The van der Waals surface area contributed by atoms with Gasteiger partial charge in [0.05, 0.1) is 4.92 Å². The lowest BCUT2D eigenvalue weighted by molar-refractivity contribution is -0.385. The molecule has 0 radical (unpaired) electrons. The van der Waals surface area contributed by atoms with E-state index in [2.05, 4.69) is 9.97 Å². The van der Waals surface area contributed by atoms with Gasteiger partial charge in [0.1, 0.15) is 5.69 Å². The zero-order chi connectivity index (χ0) is 14.0. The third kappa shape index (κ3) is 2.93. The van der Waals surface area contributed by atoms with Crippen LogP contribution < -0.4 is 4.90 Å². The maximum Gasteiger partial charge on any atom is 0.332 e. The lowest BCUT2D eigenvalue weighted by Crippen LogP contribution is -2.23. The first-order valence-corrected chi connectivity index (χ1v) is 6.45. The van der Waals surface area contributed by atoms with Crippen LogP contribution in [-0.2, 0) is 0 Å². The highest BCUT2D eigenvalue weighted by atomic mass is 35.5. The van der Waals surface area contributed by atoms with Crippen molar-refractivity contribution in [2.75, 3.05) is 24.6 Å². The molecule has 2 rings (SSSR count). The molecule has 0 aromatic carbocycles. The highest BCUT2D eigenvalue weighted by Gasteiger charge is 2.31. The molecule has 1 aliphatic heterocycles. The minimum absolute atomic E-state index is 0.0173. The molecule has 0 spiro atoms. The minimum Gasteiger partial charge on any atom is -0.396 e. The fourth-order valence-corrected chi connectivity index (χ4v) is 2.60. The van der Waals surface area contributed by atoms with E-state index in [0.717, 1.165) is 6.42 Å². The summed E-state index contributed by atoms with van der Waals surface area (Å²) in [5, 5.41) is 20.1. The van der Waals surface area contributed by atoms with Crippen molar-refractivity contribution >= 4 is 23.1 Å². The normalized spacial score (nSPS) is 18.9. The second kappa shape index (κ2) is 5.66. The second-order valence-electron chi connectivity index (χ2n) is 4.62. The van der Waals surface area contributed by atoms with Crippen molar-refractivity contribution in [3.63, 3.8) is 0 Å². The van der Waals surface area contributed by atoms with E-state index >= 15 is 0 Å². The van der Waals surface area contributed by atoms with Crippen LogP contribution in [0.2, 0.25) is 5.28 Å². The first-order valence-electron chi connectivity index (χ1n) is 6.07. The Morgan fingerprint density at radius 3 is 2.95 bits per heavy atom. The molecule has 2 heterocycles. The smallest absolute Gasteiger partial charge is 0.332 e. The molecular weight excluding hydrogens is 272 g/mol. The van der Waals surface area contributed by atoms with Gasteiger partial charge < -0.3 is 10.0 Å². The van der Waals surface area contributed by atoms with Gasteiger partial charge >= 0.3 is 5.69 Å². The third-order valence-corrected chi connectivity index (χ3v) is 3.49. The Labute approximate surface area is 115 Å². The summed E-state index contributed by atoms with van der Waals surface area (Å²) in [6.45, 7) is 3.01. The first kappa shape index (κ1) is 14.0. The molecule has 104 valence electrons. The highest BCUT2D eigenvalue weighted by molar-refractivity contribution is 6.28. The van der Waals surface area contributed by atoms with Crippen molar-refractivity contribution in [1.29, 1.82) is 0 Å². The molecule has 8 heteroatoms. The summed E-state index contributed by atoms with van der Waals surface area (Å²) in [5.41, 5.74) is 0.180. The molecule has 1 fully saturated rings. The molecule has 1 saturated heterocycles. The highest BCUT2D eigenvalue weighted by Crippen LogP contribution is 2.33. The van der Waals surface area contributed by atoms with Gasteiger partial charge in [0, 0.05) is 19.7 Å². The van der Waals surface area contributed by atoms with Crippen molar-refractivity contribution in [2.45, 2.75) is 19.8 Å². The molecule has 0 bridgehead atoms. The van der Waals surface area contributed by atoms with Crippen molar-refractivity contribution in [1.82, 2.24) is 9.97 Å². The van der Waals surface area contributed by atoms with Crippen LogP contribution in [0.1, 0.15) is 18.5 Å².